The Morgan fingerprint density at radius 1 is 0.838 bits per heavy atom. The van der Waals surface area contributed by atoms with Gasteiger partial charge < -0.3 is 0 Å². The van der Waals surface area contributed by atoms with Crippen molar-refractivity contribution in [2.24, 2.45) is 0 Å². The molecule has 0 aromatic heterocycles. The first kappa shape index (κ1) is 25.6. The molecule has 37 heavy (non-hydrogen) atoms. The molecule has 1 aliphatic carbocycles. The molecule has 0 bridgehead atoms. The first-order valence-electron chi connectivity index (χ1n) is 13.3. The van der Waals surface area contributed by atoms with E-state index >= 15 is 0 Å². The summed E-state index contributed by atoms with van der Waals surface area (Å²) in [5.74, 6) is 0.431. The van der Waals surface area contributed by atoms with E-state index in [1.54, 1.807) is 0 Å². The Balaban J connectivity index is 1.53. The molecule has 1 unspecified atom stereocenters. The molecular formula is C33H32Cl2SiZr. The molecule has 0 saturated heterocycles. The van der Waals surface area contributed by atoms with E-state index in [1.165, 1.54) is 63.7 Å². The second-order valence-corrected chi connectivity index (χ2v) is 26.6. The SMILES string of the molecule is CCc1ccccc1-c1c(C(C)C)ccc2c1C=C(C)[CH]2[Zr]([Cl])([Cl])[c]1cccc2c1[SiH2]c1ccccc1-2. The van der Waals surface area contributed by atoms with Gasteiger partial charge in [-0.25, -0.2) is 0 Å². The van der Waals surface area contributed by atoms with Gasteiger partial charge in [0, 0.05) is 0 Å². The van der Waals surface area contributed by atoms with E-state index in [9.17, 15) is 0 Å². The number of allylic oxidation sites excluding steroid dienone is 1. The van der Waals surface area contributed by atoms with Gasteiger partial charge in [0.25, 0.3) is 0 Å². The standard InChI is InChI=1S/C21H23.C12H9Si.2ClH.Zr/c1-5-16-8-6-7-9-19(16)21-18(14(2)3)11-10-17-12-15(4)13-20(17)21;1-3-7-11-9(5-1)10-6-2-4-8-12(10)13-11;;;/h6-14H,5H2,1-4H3;1-7H,13H2;2*1H;/q;;;;+2/p-2. The summed E-state index contributed by atoms with van der Waals surface area (Å²) in [7, 11) is 14.9. The van der Waals surface area contributed by atoms with Gasteiger partial charge in [0.15, 0.2) is 0 Å². The van der Waals surface area contributed by atoms with Gasteiger partial charge >= 0.3 is 237 Å². The number of benzene rings is 4. The molecule has 0 nitrogen and oxygen atoms in total. The molecule has 0 N–H and O–H groups in total. The molecule has 1 aliphatic heterocycles. The summed E-state index contributed by atoms with van der Waals surface area (Å²) in [6, 6.07) is 29.2. The fourth-order valence-corrected chi connectivity index (χ4v) is 23.7. The van der Waals surface area contributed by atoms with Crippen LogP contribution >= 0.6 is 17.0 Å². The van der Waals surface area contributed by atoms with Crippen molar-refractivity contribution in [3.05, 3.63) is 107 Å². The first-order chi connectivity index (χ1) is 17.8. The van der Waals surface area contributed by atoms with Crippen molar-refractivity contribution in [2.45, 2.75) is 43.7 Å². The Kier molecular flexibility index (Phi) is 6.77. The van der Waals surface area contributed by atoms with Gasteiger partial charge in [0.05, 0.1) is 0 Å². The Hall–Kier alpha value is -1.70. The molecule has 0 spiro atoms. The second-order valence-electron chi connectivity index (χ2n) is 10.8. The number of halogens is 2. The molecule has 0 fully saturated rings. The summed E-state index contributed by atoms with van der Waals surface area (Å²) in [6.45, 7) is 9.09. The van der Waals surface area contributed by atoms with Gasteiger partial charge in [-0.05, 0) is 0 Å². The van der Waals surface area contributed by atoms with E-state index < -0.39 is 27.4 Å². The topological polar surface area (TPSA) is 0 Å². The number of aryl methyl sites for hydroxylation is 1. The van der Waals surface area contributed by atoms with Crippen LogP contribution in [0.15, 0.2) is 84.4 Å². The molecule has 4 aromatic carbocycles. The minimum absolute atomic E-state index is 0.116. The summed E-state index contributed by atoms with van der Waals surface area (Å²) < 4.78 is 1.41. The van der Waals surface area contributed by atoms with Crippen LogP contribution in [0.25, 0.3) is 28.3 Å². The van der Waals surface area contributed by atoms with Gasteiger partial charge in [-0.15, -0.1) is 0 Å². The monoisotopic (exact) mass is 616 g/mol. The molecule has 0 saturated carbocycles. The molecule has 6 rings (SSSR count). The van der Waals surface area contributed by atoms with Gasteiger partial charge in [0.1, 0.15) is 0 Å². The number of hydrogen-bond donors (Lipinski definition) is 0. The van der Waals surface area contributed by atoms with Crippen LogP contribution in [0.3, 0.4) is 0 Å². The van der Waals surface area contributed by atoms with Crippen molar-refractivity contribution >= 4 is 46.3 Å². The molecule has 0 radical (unpaired) electrons. The van der Waals surface area contributed by atoms with E-state index in [2.05, 4.69) is 113 Å². The Labute approximate surface area is 235 Å². The summed E-state index contributed by atoms with van der Waals surface area (Å²) in [4.78, 5) is 0. The van der Waals surface area contributed by atoms with Crippen LogP contribution in [0.2, 0.25) is 0 Å². The minimum atomic E-state index is -3.90. The second kappa shape index (κ2) is 9.80. The predicted octanol–water partition coefficient (Wildman–Crippen LogP) is 7.38. The molecule has 4 heteroatoms. The summed E-state index contributed by atoms with van der Waals surface area (Å²) in [5, 5.41) is 3.00. The van der Waals surface area contributed by atoms with Crippen LogP contribution in [0.4, 0.5) is 0 Å². The van der Waals surface area contributed by atoms with Gasteiger partial charge in [-0.2, -0.15) is 0 Å². The zero-order valence-electron chi connectivity index (χ0n) is 21.9. The Bertz CT molecular complexity index is 1570. The van der Waals surface area contributed by atoms with Crippen molar-refractivity contribution in [1.82, 2.24) is 0 Å². The number of fused-ring (bicyclic) bond motifs is 4. The zero-order valence-corrected chi connectivity index (χ0v) is 27.3. The van der Waals surface area contributed by atoms with Gasteiger partial charge in [-0.3, -0.25) is 0 Å². The van der Waals surface area contributed by atoms with E-state index in [4.69, 9.17) is 17.0 Å². The molecule has 0 amide bonds. The maximum atomic E-state index is 7.73. The molecule has 186 valence electrons. The van der Waals surface area contributed by atoms with Crippen molar-refractivity contribution in [1.29, 1.82) is 0 Å². The van der Waals surface area contributed by atoms with Crippen molar-refractivity contribution in [3.63, 3.8) is 0 Å². The normalized spacial score (nSPS) is 16.6. The van der Waals surface area contributed by atoms with E-state index in [0.29, 0.717) is 5.92 Å². The summed E-state index contributed by atoms with van der Waals surface area (Å²) in [5.41, 5.74) is 12.3. The maximum absolute atomic E-state index is 7.73. The summed E-state index contributed by atoms with van der Waals surface area (Å²) in [6.07, 6.45) is 3.42. The fraction of sp³-hybridized carbons (Fsp3) is 0.212. The zero-order chi connectivity index (χ0) is 25.9. The van der Waals surface area contributed by atoms with Crippen LogP contribution in [-0.4, -0.2) is 9.52 Å². The third-order valence-electron chi connectivity index (χ3n) is 8.31. The molecule has 1 atom stereocenters. The van der Waals surface area contributed by atoms with E-state index in [-0.39, 0.29) is 3.63 Å². The Morgan fingerprint density at radius 3 is 2.30 bits per heavy atom. The van der Waals surface area contributed by atoms with Crippen LogP contribution in [-0.2, 0) is 24.3 Å². The Morgan fingerprint density at radius 2 is 1.54 bits per heavy atom. The third kappa shape index (κ3) is 4.11. The van der Waals surface area contributed by atoms with Crippen molar-refractivity contribution < 1.29 is 17.9 Å². The van der Waals surface area contributed by atoms with Crippen LogP contribution < -0.4 is 13.6 Å². The predicted molar refractivity (Wildman–Crippen MR) is 163 cm³/mol. The van der Waals surface area contributed by atoms with Gasteiger partial charge in [-0.1, -0.05) is 0 Å². The van der Waals surface area contributed by atoms with Crippen LogP contribution in [0.1, 0.15) is 59.5 Å². The average molecular weight is 619 g/mol. The van der Waals surface area contributed by atoms with Crippen LogP contribution in [0.5, 0.6) is 0 Å². The van der Waals surface area contributed by atoms with Crippen LogP contribution in [0, 0.1) is 0 Å². The number of rotatable bonds is 5. The quantitative estimate of drug-likeness (QED) is 0.180. The number of hydrogen-bond acceptors (Lipinski definition) is 0. The first-order valence-corrected chi connectivity index (χ1v) is 23.7. The van der Waals surface area contributed by atoms with Gasteiger partial charge in [0.2, 0.25) is 0 Å². The fourth-order valence-electron chi connectivity index (χ4n) is 6.58. The molecular weight excluding hydrogens is 587 g/mol. The molecule has 4 aromatic rings. The third-order valence-corrected chi connectivity index (χ3v) is 22.9. The van der Waals surface area contributed by atoms with Crippen molar-refractivity contribution in [2.75, 3.05) is 0 Å². The van der Waals surface area contributed by atoms with Crippen molar-refractivity contribution in [3.8, 4) is 22.3 Å². The van der Waals surface area contributed by atoms with E-state index in [0.717, 1.165) is 6.42 Å². The van der Waals surface area contributed by atoms with E-state index in [1.807, 2.05) is 0 Å². The molecule has 2 aliphatic rings. The molecule has 1 heterocycles. The summed E-state index contributed by atoms with van der Waals surface area (Å²) >= 11 is -3.90. The average Bonchev–Trinajstić information content (AvgIpc) is 3.45.